The first kappa shape index (κ1) is 18.5. The van der Waals surface area contributed by atoms with Gasteiger partial charge in [-0.05, 0) is 38.0 Å². The van der Waals surface area contributed by atoms with Crippen molar-refractivity contribution in [3.63, 3.8) is 0 Å². The van der Waals surface area contributed by atoms with E-state index in [1.165, 1.54) is 0 Å². The van der Waals surface area contributed by atoms with Crippen molar-refractivity contribution in [2.75, 3.05) is 18.9 Å². The molecule has 6 nitrogen and oxygen atoms in total. The largest absolute Gasteiger partial charge is 0.487 e. The maximum absolute atomic E-state index is 6.18. The molecular weight excluding hydrogens is 348 g/mol. The van der Waals surface area contributed by atoms with Gasteiger partial charge in [0.15, 0.2) is 10.9 Å². The van der Waals surface area contributed by atoms with Crippen LogP contribution in [0.25, 0.3) is 21.9 Å². The lowest BCUT2D eigenvalue weighted by molar-refractivity contribution is 0.126. The van der Waals surface area contributed by atoms with E-state index in [4.69, 9.17) is 32.4 Å². The molecule has 3 aromatic rings. The van der Waals surface area contributed by atoms with Crippen molar-refractivity contribution < 1.29 is 9.47 Å². The van der Waals surface area contributed by atoms with Crippen LogP contribution in [0.2, 0.25) is 0 Å². The van der Waals surface area contributed by atoms with Gasteiger partial charge in [0.1, 0.15) is 17.9 Å². The van der Waals surface area contributed by atoms with Gasteiger partial charge in [0.2, 0.25) is 0 Å². The van der Waals surface area contributed by atoms with E-state index < -0.39 is 0 Å². The summed E-state index contributed by atoms with van der Waals surface area (Å²) in [7, 11) is 0. The van der Waals surface area contributed by atoms with E-state index >= 15 is 0 Å². The number of hydrogen-bond donors (Lipinski definition) is 1. The molecule has 2 aromatic heterocycles. The van der Waals surface area contributed by atoms with Gasteiger partial charge in [-0.1, -0.05) is 18.2 Å². The average molecular weight is 372 g/mol. The number of aryl methyl sites for hydroxylation is 1. The minimum absolute atomic E-state index is 0.453. The lowest BCUT2D eigenvalue weighted by Crippen LogP contribution is -2.08. The van der Waals surface area contributed by atoms with Crippen molar-refractivity contribution in [3.05, 3.63) is 30.1 Å². The third-order valence-corrected chi connectivity index (χ3v) is 4.32. The fraction of sp³-hybridized carbons (Fsp3) is 0.421. The zero-order valence-corrected chi connectivity index (χ0v) is 16.0. The van der Waals surface area contributed by atoms with Crippen molar-refractivity contribution in [3.8, 4) is 0 Å². The van der Waals surface area contributed by atoms with Crippen LogP contribution in [0.3, 0.4) is 0 Å². The van der Waals surface area contributed by atoms with Crippen molar-refractivity contribution in [1.29, 1.82) is 0 Å². The lowest BCUT2D eigenvalue weighted by Gasteiger charge is -2.11. The molecule has 2 N–H and O–H groups in total. The molecule has 0 spiro atoms. The first-order valence-electron chi connectivity index (χ1n) is 8.86. The molecule has 0 radical (unpaired) electrons. The molecule has 0 atom stereocenters. The predicted octanol–water partition coefficient (Wildman–Crippen LogP) is 3.85. The average Bonchev–Trinajstić information content (AvgIpc) is 2.99. The molecule has 3 rings (SSSR count). The number of unbranched alkanes of at least 4 members (excludes halogenated alkanes) is 1. The Morgan fingerprint density at radius 1 is 1.23 bits per heavy atom. The molecule has 26 heavy (non-hydrogen) atoms. The summed E-state index contributed by atoms with van der Waals surface area (Å²) in [5.74, 6) is 1.33. The van der Waals surface area contributed by atoms with E-state index in [2.05, 4.69) is 15.6 Å². The summed E-state index contributed by atoms with van der Waals surface area (Å²) in [5, 5.41) is 1.64. The van der Waals surface area contributed by atoms with E-state index in [9.17, 15) is 0 Å². The van der Waals surface area contributed by atoms with E-state index in [1.807, 2.05) is 25.1 Å². The summed E-state index contributed by atoms with van der Waals surface area (Å²) in [5.41, 5.74) is 8.82. The smallest absolute Gasteiger partial charge is 0.156 e. The Balaban J connectivity index is 1.97. The Kier molecular flexibility index (Phi) is 6.00. The number of pyridine rings is 1. The molecule has 0 unspecified atom stereocenters. The fourth-order valence-corrected chi connectivity index (χ4v) is 3.12. The third kappa shape index (κ3) is 3.94. The first-order chi connectivity index (χ1) is 12.6. The maximum atomic E-state index is 6.18. The monoisotopic (exact) mass is 372 g/mol. The minimum Gasteiger partial charge on any atom is -0.487 e. The highest BCUT2D eigenvalue weighted by Crippen LogP contribution is 2.29. The Morgan fingerprint density at radius 3 is 2.81 bits per heavy atom. The highest BCUT2D eigenvalue weighted by molar-refractivity contribution is 7.80. The van der Waals surface area contributed by atoms with E-state index in [0.717, 1.165) is 47.1 Å². The van der Waals surface area contributed by atoms with Crippen LogP contribution < -0.4 is 5.73 Å². The number of nitrogens with zero attached hydrogens (tertiary/aromatic N) is 3. The molecule has 0 bridgehead atoms. The molecule has 138 valence electrons. The first-order valence-corrected chi connectivity index (χ1v) is 9.27. The quantitative estimate of drug-likeness (QED) is 0.478. The minimum atomic E-state index is 0.453. The fourth-order valence-electron chi connectivity index (χ4n) is 3.04. The molecule has 0 saturated carbocycles. The Hall–Kier alpha value is -2.25. The van der Waals surface area contributed by atoms with Gasteiger partial charge in [-0.25, -0.2) is 9.97 Å². The number of imidazole rings is 1. The lowest BCUT2D eigenvalue weighted by atomic mass is 10.2. The van der Waals surface area contributed by atoms with Gasteiger partial charge in [-0.15, -0.1) is 0 Å². The highest BCUT2D eigenvalue weighted by Gasteiger charge is 2.17. The second-order valence-electron chi connectivity index (χ2n) is 6.08. The van der Waals surface area contributed by atoms with Crippen LogP contribution >= 0.6 is 12.2 Å². The summed E-state index contributed by atoms with van der Waals surface area (Å²) in [6.07, 6.45) is 1.87. The van der Waals surface area contributed by atoms with Crippen molar-refractivity contribution in [2.45, 2.75) is 39.8 Å². The number of nitrogens with two attached hydrogens (primary N) is 1. The second kappa shape index (κ2) is 8.42. The molecule has 0 aliphatic heterocycles. The van der Waals surface area contributed by atoms with Gasteiger partial charge in [-0.3, -0.25) is 0 Å². The molecule has 0 amide bonds. The zero-order valence-electron chi connectivity index (χ0n) is 15.2. The molecule has 0 fully saturated rings. The summed E-state index contributed by atoms with van der Waals surface area (Å²) in [6, 6.07) is 8.01. The Bertz CT molecular complexity index is 923. The summed E-state index contributed by atoms with van der Waals surface area (Å²) in [6.45, 7) is 6.30. The Labute approximate surface area is 158 Å². The number of thiocarbonyl (C=S) groups is 1. The Morgan fingerprint density at radius 2 is 2.04 bits per heavy atom. The van der Waals surface area contributed by atoms with Crippen molar-refractivity contribution in [2.24, 2.45) is 0 Å². The molecule has 0 saturated heterocycles. The van der Waals surface area contributed by atoms with Crippen molar-refractivity contribution >= 4 is 45.0 Å². The van der Waals surface area contributed by atoms with Gasteiger partial charge < -0.3 is 19.8 Å². The summed E-state index contributed by atoms with van der Waals surface area (Å²) >= 11 is 4.95. The third-order valence-electron chi connectivity index (χ3n) is 4.21. The molecular formula is C19H24N4O2S. The normalized spacial score (nSPS) is 11.3. The molecule has 1 aromatic carbocycles. The number of hydrogen-bond acceptors (Lipinski definition) is 6. The topological polar surface area (TPSA) is 75.2 Å². The molecule has 7 heteroatoms. The standard InChI is InChI=1S/C19H24N4O2S/c1-3-24-12-16-22-17-18(23(16)10-6-7-11-25-13(2)26)14-8-4-5-9-15(14)21-19(17)20/h4-5,8-9H,3,6-7,10-12H2,1-2H3,(H2,20,21). The van der Waals surface area contributed by atoms with Crippen LogP contribution in [0.5, 0.6) is 0 Å². The summed E-state index contributed by atoms with van der Waals surface area (Å²) in [4.78, 5) is 9.22. The van der Waals surface area contributed by atoms with Gasteiger partial charge in [0, 0.05) is 25.5 Å². The number of nitrogen functional groups attached to an aromatic ring is 1. The number of anilines is 1. The van der Waals surface area contributed by atoms with Crippen LogP contribution in [0.1, 0.15) is 32.5 Å². The number of aromatic nitrogens is 3. The second-order valence-corrected chi connectivity index (χ2v) is 6.65. The highest BCUT2D eigenvalue weighted by atomic mass is 32.1. The van der Waals surface area contributed by atoms with Gasteiger partial charge in [-0.2, -0.15) is 0 Å². The predicted molar refractivity (Wildman–Crippen MR) is 108 cm³/mol. The molecule has 0 aliphatic carbocycles. The van der Waals surface area contributed by atoms with Crippen LogP contribution in [0, 0.1) is 0 Å². The number of ether oxygens (including phenoxy) is 2. The number of para-hydroxylation sites is 1. The molecule has 0 aliphatic rings. The van der Waals surface area contributed by atoms with E-state index in [1.54, 1.807) is 6.92 Å². The van der Waals surface area contributed by atoms with E-state index in [0.29, 0.717) is 30.7 Å². The SMILES string of the molecule is CCOCc1nc2c(N)nc3ccccc3c2n1CCCCOC(C)=S. The van der Waals surface area contributed by atoms with Crippen LogP contribution in [0.4, 0.5) is 5.82 Å². The zero-order chi connectivity index (χ0) is 18.5. The summed E-state index contributed by atoms with van der Waals surface area (Å²) < 4.78 is 13.2. The van der Waals surface area contributed by atoms with Gasteiger partial charge >= 0.3 is 0 Å². The maximum Gasteiger partial charge on any atom is 0.156 e. The number of benzene rings is 1. The number of rotatable bonds is 8. The van der Waals surface area contributed by atoms with E-state index in [-0.39, 0.29) is 0 Å². The van der Waals surface area contributed by atoms with Crippen LogP contribution in [0.15, 0.2) is 24.3 Å². The number of fused-ring (bicyclic) bond motifs is 3. The van der Waals surface area contributed by atoms with Crippen LogP contribution in [-0.4, -0.2) is 32.8 Å². The van der Waals surface area contributed by atoms with Gasteiger partial charge in [0.25, 0.3) is 0 Å². The van der Waals surface area contributed by atoms with Crippen LogP contribution in [-0.2, 0) is 22.6 Å². The molecule has 2 heterocycles. The van der Waals surface area contributed by atoms with Crippen molar-refractivity contribution in [1.82, 2.24) is 14.5 Å². The van der Waals surface area contributed by atoms with Gasteiger partial charge in [0.05, 0.1) is 17.6 Å².